The van der Waals surface area contributed by atoms with Gasteiger partial charge in [-0.1, -0.05) is 0 Å². The maximum atomic E-state index is 12.6. The lowest BCUT2D eigenvalue weighted by Gasteiger charge is -2.05. The molecule has 1 aromatic rings. The van der Waals surface area contributed by atoms with E-state index in [1.165, 1.54) is 6.07 Å². The minimum absolute atomic E-state index is 0.269. The quantitative estimate of drug-likeness (QED) is 0.628. The Kier molecular flexibility index (Phi) is 3.54. The maximum absolute atomic E-state index is 12.6. The van der Waals surface area contributed by atoms with E-state index < -0.39 is 43.3 Å². The van der Waals surface area contributed by atoms with E-state index in [0.29, 0.717) is 0 Å². The van der Waals surface area contributed by atoms with Crippen LogP contribution in [0.1, 0.15) is 17.7 Å². The molecule has 0 aliphatic rings. The van der Waals surface area contributed by atoms with Crippen LogP contribution in [0.5, 0.6) is 0 Å². The van der Waals surface area contributed by atoms with E-state index in [-0.39, 0.29) is 6.07 Å². The van der Waals surface area contributed by atoms with Crippen molar-refractivity contribution < 1.29 is 22.1 Å². The highest BCUT2D eigenvalue weighted by atomic mass is 32.2. The van der Waals surface area contributed by atoms with Gasteiger partial charge in [-0.3, -0.25) is 0 Å². The number of rotatable bonds is 3. The lowest BCUT2D eigenvalue weighted by Crippen LogP contribution is -2.18. The van der Waals surface area contributed by atoms with Crippen LogP contribution in [0.4, 0.5) is 14.6 Å². The summed E-state index contributed by atoms with van der Waals surface area (Å²) in [5.41, 5.74) is -2.27. The van der Waals surface area contributed by atoms with Crippen molar-refractivity contribution in [2.24, 2.45) is 5.14 Å². The van der Waals surface area contributed by atoms with E-state index in [2.05, 4.69) is 10.1 Å². The summed E-state index contributed by atoms with van der Waals surface area (Å²) in [7, 11) is -4.65. The number of halogens is 2. The molecule has 1 rings (SSSR count). The van der Waals surface area contributed by atoms with Gasteiger partial charge in [0.05, 0.1) is 5.56 Å². The van der Waals surface area contributed by atoms with E-state index >= 15 is 0 Å². The Morgan fingerprint density at radius 3 is 2.44 bits per heavy atom. The minimum Gasteiger partial charge on any atom is -0.358 e. The Labute approximate surface area is 98.9 Å². The lowest BCUT2D eigenvalue weighted by molar-refractivity contribution is -0.389. The number of aromatic nitrogens is 1. The third kappa shape index (κ3) is 2.55. The van der Waals surface area contributed by atoms with Crippen LogP contribution < -0.4 is 5.14 Å². The second-order valence-electron chi connectivity index (χ2n) is 2.96. The monoisotopic (exact) mass is 278 g/mol. The van der Waals surface area contributed by atoms with Crippen LogP contribution in [-0.2, 0) is 10.0 Å². The molecule has 1 heterocycles. The zero-order chi connectivity index (χ0) is 14.1. The number of hydrogen-bond donors (Lipinski definition) is 1. The van der Waals surface area contributed by atoms with Gasteiger partial charge in [-0.05, 0) is 9.91 Å². The SMILES string of the molecule is N#Cc1nc([N+](=O)[O-])cc(C(F)F)c1S(N)(=O)=O. The van der Waals surface area contributed by atoms with Crippen LogP contribution in [0.15, 0.2) is 11.0 Å². The van der Waals surface area contributed by atoms with Gasteiger partial charge in [0, 0.05) is 6.07 Å². The van der Waals surface area contributed by atoms with E-state index in [4.69, 9.17) is 5.26 Å². The second-order valence-corrected chi connectivity index (χ2v) is 4.46. The molecule has 0 fully saturated rings. The third-order valence-corrected chi connectivity index (χ3v) is 2.80. The number of alkyl halides is 2. The third-order valence-electron chi connectivity index (χ3n) is 1.80. The fourth-order valence-electron chi connectivity index (χ4n) is 1.17. The molecule has 0 saturated carbocycles. The molecule has 0 amide bonds. The molecule has 0 atom stereocenters. The van der Waals surface area contributed by atoms with Crippen molar-refractivity contribution in [1.82, 2.24) is 4.98 Å². The fourth-order valence-corrected chi connectivity index (χ4v) is 2.01. The highest BCUT2D eigenvalue weighted by Crippen LogP contribution is 2.30. The molecule has 0 aliphatic heterocycles. The molecule has 0 saturated heterocycles. The molecule has 11 heteroatoms. The largest absolute Gasteiger partial charge is 0.365 e. The first-order valence-electron chi connectivity index (χ1n) is 4.09. The number of hydrogen-bond acceptors (Lipinski definition) is 6. The molecule has 0 aliphatic carbocycles. The summed E-state index contributed by atoms with van der Waals surface area (Å²) in [6.07, 6.45) is -3.35. The summed E-state index contributed by atoms with van der Waals surface area (Å²) >= 11 is 0. The number of nitriles is 1. The van der Waals surface area contributed by atoms with Crippen LogP contribution in [0, 0.1) is 21.4 Å². The minimum atomic E-state index is -4.65. The van der Waals surface area contributed by atoms with Crippen LogP contribution in [-0.4, -0.2) is 18.3 Å². The summed E-state index contributed by atoms with van der Waals surface area (Å²) < 4.78 is 47.5. The Bertz CT molecular complexity index is 652. The summed E-state index contributed by atoms with van der Waals surface area (Å²) in [5, 5.41) is 23.7. The molecule has 2 N–H and O–H groups in total. The Morgan fingerprint density at radius 2 is 2.11 bits per heavy atom. The molecule has 8 nitrogen and oxygen atoms in total. The predicted octanol–water partition coefficient (Wildman–Crippen LogP) is 0.446. The maximum Gasteiger partial charge on any atom is 0.365 e. The highest BCUT2D eigenvalue weighted by molar-refractivity contribution is 7.89. The van der Waals surface area contributed by atoms with Gasteiger partial charge in [0.1, 0.15) is 6.07 Å². The molecule has 1 aromatic heterocycles. The van der Waals surface area contributed by atoms with Crippen molar-refractivity contribution in [2.45, 2.75) is 11.3 Å². The number of primary sulfonamides is 1. The first-order valence-corrected chi connectivity index (χ1v) is 5.63. The second kappa shape index (κ2) is 4.59. The molecule has 0 radical (unpaired) electrons. The standard InChI is InChI=1S/C7H4F2N4O4S/c8-7(9)3-1-5(13(14)15)12-4(2-10)6(3)18(11,16)17/h1,7H,(H2,11,16,17). The average molecular weight is 278 g/mol. The van der Waals surface area contributed by atoms with Crippen molar-refractivity contribution >= 4 is 15.8 Å². The van der Waals surface area contributed by atoms with Crippen LogP contribution in [0.3, 0.4) is 0 Å². The molecule has 18 heavy (non-hydrogen) atoms. The normalized spacial score (nSPS) is 11.3. The van der Waals surface area contributed by atoms with Crippen LogP contribution in [0.2, 0.25) is 0 Å². The van der Waals surface area contributed by atoms with Gasteiger partial charge in [-0.25, -0.2) is 22.3 Å². The van der Waals surface area contributed by atoms with Gasteiger partial charge in [0.2, 0.25) is 10.0 Å². The van der Waals surface area contributed by atoms with Crippen molar-refractivity contribution in [3.63, 3.8) is 0 Å². The van der Waals surface area contributed by atoms with Gasteiger partial charge >= 0.3 is 5.82 Å². The van der Waals surface area contributed by atoms with Gasteiger partial charge in [-0.15, -0.1) is 0 Å². The first-order chi connectivity index (χ1) is 8.18. The zero-order valence-corrected chi connectivity index (χ0v) is 9.19. The number of nitro groups is 1. The number of sulfonamides is 1. The predicted molar refractivity (Wildman–Crippen MR) is 51.9 cm³/mol. The summed E-state index contributed by atoms with van der Waals surface area (Å²) in [4.78, 5) is 11.1. The Morgan fingerprint density at radius 1 is 1.56 bits per heavy atom. The van der Waals surface area contributed by atoms with E-state index in [0.717, 1.165) is 0 Å². The fraction of sp³-hybridized carbons (Fsp3) is 0.143. The molecular formula is C7H4F2N4O4S. The molecule has 96 valence electrons. The topological polar surface area (TPSA) is 140 Å². The highest BCUT2D eigenvalue weighted by Gasteiger charge is 2.31. The van der Waals surface area contributed by atoms with Gasteiger partial charge < -0.3 is 10.1 Å². The van der Waals surface area contributed by atoms with Gasteiger partial charge in [-0.2, -0.15) is 5.26 Å². The van der Waals surface area contributed by atoms with Crippen LogP contribution >= 0.6 is 0 Å². The molecular weight excluding hydrogens is 274 g/mol. The van der Waals surface area contributed by atoms with Crippen molar-refractivity contribution in [3.05, 3.63) is 27.4 Å². The number of pyridine rings is 1. The van der Waals surface area contributed by atoms with E-state index in [9.17, 15) is 27.3 Å². The molecule has 0 aromatic carbocycles. The summed E-state index contributed by atoms with van der Waals surface area (Å²) in [6.45, 7) is 0. The number of nitrogens with two attached hydrogens (primary N) is 1. The van der Waals surface area contributed by atoms with Crippen molar-refractivity contribution in [2.75, 3.05) is 0 Å². The van der Waals surface area contributed by atoms with E-state index in [1.54, 1.807) is 0 Å². The first kappa shape index (κ1) is 13.9. The average Bonchev–Trinajstić information content (AvgIpc) is 2.25. The zero-order valence-electron chi connectivity index (χ0n) is 8.37. The summed E-state index contributed by atoms with van der Waals surface area (Å²) in [6, 6.07) is 1.45. The Balaban J connectivity index is 3.81. The lowest BCUT2D eigenvalue weighted by atomic mass is 10.2. The molecule has 0 bridgehead atoms. The molecule has 0 unspecified atom stereocenters. The van der Waals surface area contributed by atoms with Gasteiger partial charge in [0.25, 0.3) is 12.1 Å². The summed E-state index contributed by atoms with van der Waals surface area (Å²) in [5.74, 6) is -1.06. The number of nitrogens with zero attached hydrogens (tertiary/aromatic N) is 3. The van der Waals surface area contributed by atoms with Gasteiger partial charge in [0.15, 0.2) is 4.90 Å². The molecule has 0 spiro atoms. The Hall–Kier alpha value is -2.19. The van der Waals surface area contributed by atoms with Crippen molar-refractivity contribution in [1.29, 1.82) is 5.26 Å². The van der Waals surface area contributed by atoms with Crippen LogP contribution in [0.25, 0.3) is 0 Å². The van der Waals surface area contributed by atoms with Crippen molar-refractivity contribution in [3.8, 4) is 6.07 Å². The van der Waals surface area contributed by atoms with E-state index in [1.807, 2.05) is 0 Å². The smallest absolute Gasteiger partial charge is 0.358 e.